The number of methoxy groups -OCH3 is 1. The van der Waals surface area contributed by atoms with Gasteiger partial charge in [-0.1, -0.05) is 18.2 Å². The molecule has 3 nitrogen and oxygen atoms in total. The summed E-state index contributed by atoms with van der Waals surface area (Å²) in [5.74, 6) is 0.992. The molecule has 0 spiro atoms. The van der Waals surface area contributed by atoms with Crippen LogP contribution < -0.4 is 10.5 Å². The molecule has 1 unspecified atom stereocenters. The Kier molecular flexibility index (Phi) is 3.80. The number of rotatable bonds is 4. The number of nitrogens with two attached hydrogens (primary N) is 1. The third kappa shape index (κ3) is 2.74. The Morgan fingerprint density at radius 1 is 1.44 bits per heavy atom. The van der Waals surface area contributed by atoms with Gasteiger partial charge in [0.25, 0.3) is 0 Å². The average Bonchev–Trinajstić information content (AvgIpc) is 2.73. The van der Waals surface area contributed by atoms with Crippen LogP contribution in [0.25, 0.3) is 0 Å². The summed E-state index contributed by atoms with van der Waals surface area (Å²) in [5, 5.41) is 0. The Bertz CT molecular complexity index is 340. The van der Waals surface area contributed by atoms with Gasteiger partial charge in [-0.15, -0.1) is 0 Å². The third-order valence-electron chi connectivity index (χ3n) is 3.20. The minimum absolute atomic E-state index is 0.373. The Labute approximate surface area is 97.2 Å². The first-order valence-corrected chi connectivity index (χ1v) is 5.89. The van der Waals surface area contributed by atoms with Gasteiger partial charge in [0, 0.05) is 19.1 Å². The minimum atomic E-state index is 0.373. The van der Waals surface area contributed by atoms with Crippen molar-refractivity contribution in [2.75, 3.05) is 26.7 Å². The monoisotopic (exact) mass is 220 g/mol. The molecule has 0 aromatic heterocycles. The minimum Gasteiger partial charge on any atom is -0.496 e. The fourth-order valence-electron chi connectivity index (χ4n) is 2.25. The summed E-state index contributed by atoms with van der Waals surface area (Å²) in [6.45, 7) is 3.25. The average molecular weight is 220 g/mol. The Morgan fingerprint density at radius 3 is 2.94 bits per heavy atom. The highest BCUT2D eigenvalue weighted by Gasteiger charge is 2.18. The van der Waals surface area contributed by atoms with E-state index in [1.165, 1.54) is 5.56 Å². The first kappa shape index (κ1) is 11.4. The van der Waals surface area contributed by atoms with Gasteiger partial charge in [-0.3, -0.25) is 0 Å². The van der Waals surface area contributed by atoms with Gasteiger partial charge in [0.15, 0.2) is 0 Å². The molecule has 0 aliphatic carbocycles. The number of ether oxygens (including phenoxy) is 1. The summed E-state index contributed by atoms with van der Waals surface area (Å²) in [6, 6.07) is 8.60. The van der Waals surface area contributed by atoms with Gasteiger partial charge in [0.2, 0.25) is 0 Å². The van der Waals surface area contributed by atoms with Gasteiger partial charge in [-0.25, -0.2) is 0 Å². The predicted molar refractivity (Wildman–Crippen MR) is 65.7 cm³/mol. The van der Waals surface area contributed by atoms with Gasteiger partial charge in [-0.05, 0) is 31.0 Å². The van der Waals surface area contributed by atoms with E-state index in [1.807, 2.05) is 12.1 Å². The molecule has 1 aromatic rings. The topological polar surface area (TPSA) is 38.5 Å². The van der Waals surface area contributed by atoms with Crippen molar-refractivity contribution >= 4 is 0 Å². The molecular weight excluding hydrogens is 200 g/mol. The van der Waals surface area contributed by atoms with Gasteiger partial charge in [0.1, 0.15) is 5.75 Å². The van der Waals surface area contributed by atoms with Crippen molar-refractivity contribution in [2.45, 2.75) is 18.9 Å². The van der Waals surface area contributed by atoms with Crippen LogP contribution in [-0.4, -0.2) is 37.7 Å². The molecule has 1 aliphatic heterocycles. The fraction of sp³-hybridized carbons (Fsp3) is 0.538. The second kappa shape index (κ2) is 5.32. The summed E-state index contributed by atoms with van der Waals surface area (Å²) in [7, 11) is 1.73. The van der Waals surface area contributed by atoms with E-state index in [2.05, 4.69) is 17.0 Å². The number of nitrogens with zero attached hydrogens (tertiary/aromatic N) is 1. The number of para-hydroxylation sites is 1. The zero-order valence-corrected chi connectivity index (χ0v) is 9.86. The number of hydrogen-bond donors (Lipinski definition) is 1. The summed E-state index contributed by atoms with van der Waals surface area (Å²) in [5.41, 5.74) is 7.17. The molecule has 3 heteroatoms. The van der Waals surface area contributed by atoms with E-state index in [-0.39, 0.29) is 0 Å². The Balaban J connectivity index is 1.89. The quantitative estimate of drug-likeness (QED) is 0.830. The molecule has 0 radical (unpaired) electrons. The molecule has 1 aromatic carbocycles. The molecule has 1 atom stereocenters. The maximum atomic E-state index is 5.88. The summed E-state index contributed by atoms with van der Waals surface area (Å²) in [6.07, 6.45) is 2.17. The number of benzene rings is 1. The Hall–Kier alpha value is -1.06. The highest BCUT2D eigenvalue weighted by atomic mass is 16.5. The van der Waals surface area contributed by atoms with Gasteiger partial charge in [-0.2, -0.15) is 0 Å². The van der Waals surface area contributed by atoms with Crippen molar-refractivity contribution in [3.63, 3.8) is 0 Å². The lowest BCUT2D eigenvalue weighted by Crippen LogP contribution is -2.28. The number of hydrogen-bond acceptors (Lipinski definition) is 3. The maximum Gasteiger partial charge on any atom is 0.122 e. The van der Waals surface area contributed by atoms with Crippen LogP contribution in [0.2, 0.25) is 0 Å². The lowest BCUT2D eigenvalue weighted by Gasteiger charge is -2.16. The molecular formula is C13H20N2O. The zero-order chi connectivity index (χ0) is 11.4. The second-order valence-corrected chi connectivity index (χ2v) is 4.41. The smallest absolute Gasteiger partial charge is 0.122 e. The number of likely N-dealkylation sites (tertiary alicyclic amines) is 1. The molecule has 2 rings (SSSR count). The molecule has 88 valence electrons. The molecule has 0 saturated carbocycles. The molecule has 1 aliphatic rings. The second-order valence-electron chi connectivity index (χ2n) is 4.41. The van der Waals surface area contributed by atoms with Crippen molar-refractivity contribution < 1.29 is 4.74 Å². The Morgan fingerprint density at radius 2 is 2.25 bits per heavy atom. The molecule has 2 N–H and O–H groups in total. The van der Waals surface area contributed by atoms with E-state index in [9.17, 15) is 0 Å². The summed E-state index contributed by atoms with van der Waals surface area (Å²) in [4.78, 5) is 2.43. The lowest BCUT2D eigenvalue weighted by atomic mass is 10.1. The normalized spacial score (nSPS) is 21.2. The lowest BCUT2D eigenvalue weighted by molar-refractivity contribution is 0.335. The van der Waals surface area contributed by atoms with Crippen molar-refractivity contribution in [1.29, 1.82) is 0 Å². The molecule has 16 heavy (non-hydrogen) atoms. The van der Waals surface area contributed by atoms with Gasteiger partial charge >= 0.3 is 0 Å². The SMILES string of the molecule is COc1ccccc1CCN1CCC(N)C1. The van der Waals surface area contributed by atoms with Crippen LogP contribution >= 0.6 is 0 Å². The third-order valence-corrected chi connectivity index (χ3v) is 3.20. The molecule has 0 bridgehead atoms. The highest BCUT2D eigenvalue weighted by molar-refractivity contribution is 5.33. The van der Waals surface area contributed by atoms with E-state index in [1.54, 1.807) is 7.11 Å². The molecule has 0 amide bonds. The van der Waals surface area contributed by atoms with Crippen LogP contribution in [0, 0.1) is 0 Å². The van der Waals surface area contributed by atoms with Crippen molar-refractivity contribution in [3.8, 4) is 5.75 Å². The van der Waals surface area contributed by atoms with E-state index in [4.69, 9.17) is 10.5 Å². The molecule has 1 fully saturated rings. The van der Waals surface area contributed by atoms with Crippen LogP contribution in [0.3, 0.4) is 0 Å². The first-order chi connectivity index (χ1) is 7.79. The van der Waals surface area contributed by atoms with Crippen molar-refractivity contribution in [1.82, 2.24) is 4.90 Å². The molecule has 1 saturated heterocycles. The zero-order valence-electron chi connectivity index (χ0n) is 9.86. The standard InChI is InChI=1S/C13H20N2O/c1-16-13-5-3-2-4-11(13)6-8-15-9-7-12(14)10-15/h2-5,12H,6-10,14H2,1H3. The molecule has 1 heterocycles. The van der Waals surface area contributed by atoms with Crippen molar-refractivity contribution in [3.05, 3.63) is 29.8 Å². The summed E-state index contributed by atoms with van der Waals surface area (Å²) >= 11 is 0. The summed E-state index contributed by atoms with van der Waals surface area (Å²) < 4.78 is 5.34. The van der Waals surface area contributed by atoms with E-state index < -0.39 is 0 Å². The van der Waals surface area contributed by atoms with Crippen LogP contribution in [0.4, 0.5) is 0 Å². The predicted octanol–water partition coefficient (Wildman–Crippen LogP) is 1.27. The first-order valence-electron chi connectivity index (χ1n) is 5.89. The van der Waals surface area contributed by atoms with Crippen molar-refractivity contribution in [2.24, 2.45) is 5.73 Å². The van der Waals surface area contributed by atoms with Crippen LogP contribution in [0.15, 0.2) is 24.3 Å². The van der Waals surface area contributed by atoms with E-state index in [0.29, 0.717) is 6.04 Å². The highest BCUT2D eigenvalue weighted by Crippen LogP contribution is 2.18. The fourth-order valence-corrected chi connectivity index (χ4v) is 2.25. The van der Waals surface area contributed by atoms with Gasteiger partial charge in [0.05, 0.1) is 7.11 Å². The largest absolute Gasteiger partial charge is 0.496 e. The maximum absolute atomic E-state index is 5.88. The van der Waals surface area contributed by atoms with Crippen LogP contribution in [-0.2, 0) is 6.42 Å². The van der Waals surface area contributed by atoms with E-state index >= 15 is 0 Å². The van der Waals surface area contributed by atoms with Crippen LogP contribution in [0.1, 0.15) is 12.0 Å². The van der Waals surface area contributed by atoms with Crippen LogP contribution in [0.5, 0.6) is 5.75 Å². The van der Waals surface area contributed by atoms with E-state index in [0.717, 1.165) is 38.2 Å². The van der Waals surface area contributed by atoms with Gasteiger partial charge < -0.3 is 15.4 Å².